The summed E-state index contributed by atoms with van der Waals surface area (Å²) in [5.74, 6) is 0.723. The van der Waals surface area contributed by atoms with Gasteiger partial charge >= 0.3 is 0 Å². The molecule has 110 valence electrons. The van der Waals surface area contributed by atoms with E-state index in [1.165, 1.54) is 0 Å². The Labute approximate surface area is 119 Å². The van der Waals surface area contributed by atoms with Crippen LogP contribution in [0.25, 0.3) is 0 Å². The fourth-order valence-electron chi connectivity index (χ4n) is 2.67. The fourth-order valence-corrected chi connectivity index (χ4v) is 2.67. The molecule has 5 heteroatoms. The summed E-state index contributed by atoms with van der Waals surface area (Å²) in [7, 11) is 1.66. The number of para-hydroxylation sites is 1. The second-order valence-electron chi connectivity index (χ2n) is 4.94. The van der Waals surface area contributed by atoms with E-state index in [-0.39, 0.29) is 17.7 Å². The quantitative estimate of drug-likeness (QED) is 0.857. The summed E-state index contributed by atoms with van der Waals surface area (Å²) in [5.41, 5.74) is 0.798. The number of likely N-dealkylation sites (N-methyl/N-ethyl adjacent to an activating group) is 1. The van der Waals surface area contributed by atoms with Gasteiger partial charge in [-0.25, -0.2) is 0 Å². The number of benzene rings is 1. The molecule has 1 aromatic carbocycles. The summed E-state index contributed by atoms with van der Waals surface area (Å²) in [6.45, 7) is 3.83. The van der Waals surface area contributed by atoms with Gasteiger partial charge in [0.05, 0.1) is 12.6 Å². The summed E-state index contributed by atoms with van der Waals surface area (Å²) in [6, 6.07) is 5.39. The normalized spacial score (nSPS) is 19.0. The van der Waals surface area contributed by atoms with Crippen LogP contribution in [0.4, 0.5) is 0 Å². The monoisotopic (exact) mass is 278 g/mol. The molecule has 1 heterocycles. The van der Waals surface area contributed by atoms with Crippen molar-refractivity contribution in [1.82, 2.24) is 10.2 Å². The lowest BCUT2D eigenvalue weighted by Gasteiger charge is -2.23. The number of rotatable bonds is 5. The predicted molar refractivity (Wildman–Crippen MR) is 76.8 cm³/mol. The summed E-state index contributed by atoms with van der Waals surface area (Å²) >= 11 is 0. The molecule has 2 N–H and O–H groups in total. The number of likely N-dealkylation sites (tertiary alicyclic amines) is 1. The van der Waals surface area contributed by atoms with Crippen molar-refractivity contribution >= 4 is 5.91 Å². The molecule has 1 atom stereocenters. The maximum absolute atomic E-state index is 11.8. The lowest BCUT2D eigenvalue weighted by molar-refractivity contribution is -0.125. The number of phenols is 1. The number of nitrogens with one attached hydrogen (secondary N) is 1. The first-order valence-electron chi connectivity index (χ1n) is 7.06. The SMILES string of the molecule is CCOc1cccc(CN2CCCC2C(=O)NC)c1O. The Balaban J connectivity index is 2.13. The Bertz CT molecular complexity index is 476. The van der Waals surface area contributed by atoms with E-state index in [0.717, 1.165) is 24.9 Å². The van der Waals surface area contributed by atoms with Crippen LogP contribution >= 0.6 is 0 Å². The number of hydrogen-bond acceptors (Lipinski definition) is 4. The largest absolute Gasteiger partial charge is 0.504 e. The Morgan fingerprint density at radius 2 is 2.35 bits per heavy atom. The van der Waals surface area contributed by atoms with E-state index in [0.29, 0.717) is 18.9 Å². The van der Waals surface area contributed by atoms with Crippen LogP contribution in [0, 0.1) is 0 Å². The molecule has 0 bridgehead atoms. The third-order valence-corrected chi connectivity index (χ3v) is 3.67. The molecule has 0 aliphatic carbocycles. The highest BCUT2D eigenvalue weighted by molar-refractivity contribution is 5.81. The number of nitrogens with zero attached hydrogens (tertiary/aromatic N) is 1. The van der Waals surface area contributed by atoms with Crippen LogP contribution in [0.5, 0.6) is 11.5 Å². The van der Waals surface area contributed by atoms with E-state index < -0.39 is 0 Å². The standard InChI is InChI=1S/C15H22N2O3/c1-3-20-13-8-4-6-11(14(13)18)10-17-9-5-7-12(17)15(19)16-2/h4,6,8,12,18H,3,5,7,9-10H2,1-2H3,(H,16,19). The van der Waals surface area contributed by atoms with E-state index in [4.69, 9.17) is 4.74 Å². The van der Waals surface area contributed by atoms with Crippen LogP contribution in [-0.4, -0.2) is 42.2 Å². The number of ether oxygens (including phenoxy) is 1. The van der Waals surface area contributed by atoms with Crippen molar-refractivity contribution < 1.29 is 14.6 Å². The van der Waals surface area contributed by atoms with Crippen molar-refractivity contribution in [3.63, 3.8) is 0 Å². The van der Waals surface area contributed by atoms with Gasteiger partial charge in [0, 0.05) is 19.2 Å². The summed E-state index contributed by atoms with van der Waals surface area (Å²) in [4.78, 5) is 13.9. The average Bonchev–Trinajstić information content (AvgIpc) is 2.91. The van der Waals surface area contributed by atoms with Gasteiger partial charge in [0.2, 0.25) is 5.91 Å². The van der Waals surface area contributed by atoms with Crippen molar-refractivity contribution in [2.45, 2.75) is 32.4 Å². The summed E-state index contributed by atoms with van der Waals surface area (Å²) in [6.07, 6.45) is 1.87. The highest BCUT2D eigenvalue weighted by Gasteiger charge is 2.30. The van der Waals surface area contributed by atoms with Gasteiger partial charge in [-0.2, -0.15) is 0 Å². The molecule has 2 rings (SSSR count). The molecule has 1 aromatic rings. The second kappa shape index (κ2) is 6.61. The molecule has 1 amide bonds. The van der Waals surface area contributed by atoms with E-state index in [2.05, 4.69) is 10.2 Å². The van der Waals surface area contributed by atoms with Crippen molar-refractivity contribution in [2.24, 2.45) is 0 Å². The maximum Gasteiger partial charge on any atom is 0.237 e. The molecule has 1 aliphatic heterocycles. The van der Waals surface area contributed by atoms with E-state index >= 15 is 0 Å². The number of carbonyl (C=O) groups is 1. The third-order valence-electron chi connectivity index (χ3n) is 3.67. The fraction of sp³-hybridized carbons (Fsp3) is 0.533. The smallest absolute Gasteiger partial charge is 0.237 e. The molecule has 0 spiro atoms. The van der Waals surface area contributed by atoms with Gasteiger partial charge < -0.3 is 15.2 Å². The van der Waals surface area contributed by atoms with Gasteiger partial charge in [-0.05, 0) is 32.4 Å². The first kappa shape index (κ1) is 14.7. The van der Waals surface area contributed by atoms with Crippen molar-refractivity contribution in [2.75, 3.05) is 20.2 Å². The zero-order chi connectivity index (χ0) is 14.5. The van der Waals surface area contributed by atoms with Gasteiger partial charge in [0.15, 0.2) is 11.5 Å². The van der Waals surface area contributed by atoms with Crippen LogP contribution in [0.2, 0.25) is 0 Å². The van der Waals surface area contributed by atoms with Gasteiger partial charge in [-0.15, -0.1) is 0 Å². The minimum absolute atomic E-state index is 0.0444. The molecular formula is C15H22N2O3. The van der Waals surface area contributed by atoms with Crippen LogP contribution in [-0.2, 0) is 11.3 Å². The molecule has 1 aliphatic rings. The Morgan fingerprint density at radius 3 is 3.05 bits per heavy atom. The van der Waals surface area contributed by atoms with Crippen LogP contribution < -0.4 is 10.1 Å². The van der Waals surface area contributed by atoms with E-state index in [1.54, 1.807) is 13.1 Å². The zero-order valence-corrected chi connectivity index (χ0v) is 12.1. The lowest BCUT2D eigenvalue weighted by Crippen LogP contribution is -2.41. The zero-order valence-electron chi connectivity index (χ0n) is 12.1. The minimum atomic E-state index is -0.102. The van der Waals surface area contributed by atoms with Crippen LogP contribution in [0.1, 0.15) is 25.3 Å². The molecule has 20 heavy (non-hydrogen) atoms. The minimum Gasteiger partial charge on any atom is -0.504 e. The molecule has 1 saturated heterocycles. The first-order chi connectivity index (χ1) is 9.67. The number of hydrogen-bond donors (Lipinski definition) is 2. The van der Waals surface area contributed by atoms with Crippen molar-refractivity contribution in [3.05, 3.63) is 23.8 Å². The number of amides is 1. The Hall–Kier alpha value is -1.75. The second-order valence-corrected chi connectivity index (χ2v) is 4.94. The molecule has 1 fully saturated rings. The Morgan fingerprint density at radius 1 is 1.55 bits per heavy atom. The van der Waals surface area contributed by atoms with Gasteiger partial charge in [-0.1, -0.05) is 12.1 Å². The summed E-state index contributed by atoms with van der Waals surface area (Å²) < 4.78 is 5.39. The number of phenolic OH excluding ortho intramolecular Hbond substituents is 1. The predicted octanol–water partition coefficient (Wildman–Crippen LogP) is 1.50. The first-order valence-corrected chi connectivity index (χ1v) is 7.06. The summed E-state index contributed by atoms with van der Waals surface area (Å²) in [5, 5.41) is 12.9. The number of aromatic hydroxyl groups is 1. The number of carbonyl (C=O) groups excluding carboxylic acids is 1. The van der Waals surface area contributed by atoms with Crippen molar-refractivity contribution in [1.29, 1.82) is 0 Å². The topological polar surface area (TPSA) is 61.8 Å². The molecule has 0 radical (unpaired) electrons. The van der Waals surface area contributed by atoms with E-state index in [9.17, 15) is 9.90 Å². The molecule has 0 saturated carbocycles. The van der Waals surface area contributed by atoms with Gasteiger partial charge in [0.25, 0.3) is 0 Å². The molecule has 0 aromatic heterocycles. The third kappa shape index (κ3) is 3.04. The van der Waals surface area contributed by atoms with Crippen LogP contribution in [0.3, 0.4) is 0 Å². The highest BCUT2D eigenvalue weighted by Crippen LogP contribution is 2.32. The van der Waals surface area contributed by atoms with E-state index in [1.807, 2.05) is 19.1 Å². The highest BCUT2D eigenvalue weighted by atomic mass is 16.5. The van der Waals surface area contributed by atoms with Gasteiger partial charge in [0.1, 0.15) is 0 Å². The van der Waals surface area contributed by atoms with Crippen molar-refractivity contribution in [3.8, 4) is 11.5 Å². The average molecular weight is 278 g/mol. The van der Waals surface area contributed by atoms with Gasteiger partial charge in [-0.3, -0.25) is 9.69 Å². The van der Waals surface area contributed by atoms with Crippen LogP contribution in [0.15, 0.2) is 18.2 Å². The molecule has 5 nitrogen and oxygen atoms in total. The molecule has 1 unspecified atom stereocenters. The Kier molecular flexibility index (Phi) is 4.84. The molecular weight excluding hydrogens is 256 g/mol. The maximum atomic E-state index is 11.8. The lowest BCUT2D eigenvalue weighted by atomic mass is 10.1.